The molecule has 1 spiro atoms. The molecule has 1 aromatic rings. The minimum Gasteiger partial charge on any atom is -0.469 e. The average Bonchev–Trinajstić information content (AvgIpc) is 3.06. The molecule has 1 aromatic carbocycles. The zero-order chi connectivity index (χ0) is 16.7. The van der Waals surface area contributed by atoms with Gasteiger partial charge in [-0.25, -0.2) is 0 Å². The standard InChI is InChI=1S/C16H21NO4.C2H6/c1-19-15(18)12-13-2-4-14(5-3-13)17-8-6-16(7-9-17)20-10-11-21-16;1-2/h2-5H,6-12H2,1H3;1-2H3. The number of carbonyl (C=O) groups excluding carboxylic acids is 1. The Balaban J connectivity index is 0.000000924. The second-order valence-corrected chi connectivity index (χ2v) is 5.51. The van der Waals surface area contributed by atoms with Gasteiger partial charge in [0, 0.05) is 31.6 Å². The molecule has 2 heterocycles. The van der Waals surface area contributed by atoms with Crippen molar-refractivity contribution < 1.29 is 19.0 Å². The van der Waals surface area contributed by atoms with E-state index >= 15 is 0 Å². The van der Waals surface area contributed by atoms with Gasteiger partial charge in [-0.1, -0.05) is 26.0 Å². The number of esters is 1. The van der Waals surface area contributed by atoms with Gasteiger partial charge in [0.1, 0.15) is 0 Å². The summed E-state index contributed by atoms with van der Waals surface area (Å²) in [6.45, 7) is 7.27. The van der Waals surface area contributed by atoms with E-state index in [4.69, 9.17) is 9.47 Å². The summed E-state index contributed by atoms with van der Waals surface area (Å²) >= 11 is 0. The molecule has 0 aromatic heterocycles. The topological polar surface area (TPSA) is 48.0 Å². The molecule has 0 aliphatic carbocycles. The van der Waals surface area contributed by atoms with Crippen LogP contribution < -0.4 is 4.90 Å². The van der Waals surface area contributed by atoms with Gasteiger partial charge in [-0.15, -0.1) is 0 Å². The van der Waals surface area contributed by atoms with Gasteiger partial charge in [0.25, 0.3) is 0 Å². The fraction of sp³-hybridized carbons (Fsp3) is 0.611. The second kappa shape index (κ2) is 8.31. The largest absolute Gasteiger partial charge is 0.469 e. The van der Waals surface area contributed by atoms with Gasteiger partial charge in [-0.2, -0.15) is 0 Å². The predicted molar refractivity (Wildman–Crippen MR) is 89.6 cm³/mol. The van der Waals surface area contributed by atoms with Crippen LogP contribution in [0.2, 0.25) is 0 Å². The van der Waals surface area contributed by atoms with Gasteiger partial charge in [-0.3, -0.25) is 4.79 Å². The zero-order valence-electron chi connectivity index (χ0n) is 14.3. The molecule has 2 aliphatic rings. The van der Waals surface area contributed by atoms with Gasteiger partial charge in [0.05, 0.1) is 26.7 Å². The van der Waals surface area contributed by atoms with Crippen LogP contribution in [0.15, 0.2) is 24.3 Å². The summed E-state index contributed by atoms with van der Waals surface area (Å²) in [5.74, 6) is -0.542. The molecule has 128 valence electrons. The third-order valence-corrected chi connectivity index (χ3v) is 4.22. The van der Waals surface area contributed by atoms with Crippen molar-refractivity contribution in [1.29, 1.82) is 0 Å². The number of hydrogen-bond acceptors (Lipinski definition) is 5. The molecule has 0 unspecified atom stereocenters. The van der Waals surface area contributed by atoms with Crippen LogP contribution in [0.1, 0.15) is 32.3 Å². The van der Waals surface area contributed by atoms with Crippen molar-refractivity contribution in [2.45, 2.75) is 38.9 Å². The Labute approximate surface area is 138 Å². The van der Waals surface area contributed by atoms with Crippen LogP contribution in [0.5, 0.6) is 0 Å². The van der Waals surface area contributed by atoms with Gasteiger partial charge in [-0.05, 0) is 17.7 Å². The third-order valence-electron chi connectivity index (χ3n) is 4.22. The summed E-state index contributed by atoms with van der Waals surface area (Å²) in [6.07, 6.45) is 2.12. The maximum atomic E-state index is 11.3. The summed E-state index contributed by atoms with van der Waals surface area (Å²) in [4.78, 5) is 13.6. The quantitative estimate of drug-likeness (QED) is 0.801. The first-order valence-corrected chi connectivity index (χ1v) is 8.39. The van der Waals surface area contributed by atoms with Crippen LogP contribution in [-0.4, -0.2) is 45.2 Å². The molecule has 0 amide bonds. The van der Waals surface area contributed by atoms with E-state index in [1.165, 1.54) is 12.8 Å². The highest BCUT2D eigenvalue weighted by Crippen LogP contribution is 2.33. The molecular formula is C18H27NO4. The fourth-order valence-electron chi connectivity index (χ4n) is 2.95. The predicted octanol–water partition coefficient (Wildman–Crippen LogP) is 2.77. The van der Waals surface area contributed by atoms with Crippen LogP contribution in [0.4, 0.5) is 5.69 Å². The van der Waals surface area contributed by atoms with Crippen molar-refractivity contribution in [3.05, 3.63) is 29.8 Å². The first kappa shape index (κ1) is 17.8. The van der Waals surface area contributed by atoms with E-state index in [-0.39, 0.29) is 11.8 Å². The lowest BCUT2D eigenvalue weighted by Crippen LogP contribution is -2.45. The smallest absolute Gasteiger partial charge is 0.309 e. The van der Waals surface area contributed by atoms with E-state index in [0.29, 0.717) is 19.6 Å². The first-order chi connectivity index (χ1) is 11.2. The Morgan fingerprint density at radius 1 is 1.13 bits per heavy atom. The Morgan fingerprint density at radius 2 is 1.70 bits per heavy atom. The van der Waals surface area contributed by atoms with Crippen molar-refractivity contribution in [1.82, 2.24) is 0 Å². The van der Waals surface area contributed by atoms with Gasteiger partial charge < -0.3 is 19.1 Å². The van der Waals surface area contributed by atoms with Crippen LogP contribution in [0, 0.1) is 0 Å². The molecule has 0 radical (unpaired) electrons. The highest BCUT2D eigenvalue weighted by atomic mass is 16.7. The summed E-state index contributed by atoms with van der Waals surface area (Å²) in [5, 5.41) is 0. The Bertz CT molecular complexity index is 484. The number of carbonyl (C=O) groups is 1. The molecule has 2 aliphatic heterocycles. The number of methoxy groups -OCH3 is 1. The van der Waals surface area contributed by atoms with E-state index in [1.807, 2.05) is 26.0 Å². The van der Waals surface area contributed by atoms with E-state index < -0.39 is 0 Å². The summed E-state index contributed by atoms with van der Waals surface area (Å²) in [6, 6.07) is 8.09. The van der Waals surface area contributed by atoms with E-state index in [0.717, 1.165) is 31.5 Å². The van der Waals surface area contributed by atoms with E-state index in [1.54, 1.807) is 0 Å². The highest BCUT2D eigenvalue weighted by Gasteiger charge is 2.39. The molecular weight excluding hydrogens is 294 g/mol. The minimum absolute atomic E-state index is 0.210. The van der Waals surface area contributed by atoms with Gasteiger partial charge >= 0.3 is 5.97 Å². The van der Waals surface area contributed by atoms with Gasteiger partial charge in [0.15, 0.2) is 5.79 Å². The normalized spacial score (nSPS) is 19.2. The second-order valence-electron chi connectivity index (χ2n) is 5.51. The van der Waals surface area contributed by atoms with Gasteiger partial charge in [0.2, 0.25) is 0 Å². The Kier molecular flexibility index (Phi) is 6.42. The van der Waals surface area contributed by atoms with Crippen molar-refractivity contribution in [2.75, 3.05) is 38.3 Å². The van der Waals surface area contributed by atoms with Crippen molar-refractivity contribution in [3.8, 4) is 0 Å². The van der Waals surface area contributed by atoms with Crippen molar-refractivity contribution in [3.63, 3.8) is 0 Å². The van der Waals surface area contributed by atoms with Crippen LogP contribution in [0.3, 0.4) is 0 Å². The number of rotatable bonds is 3. The van der Waals surface area contributed by atoms with Crippen molar-refractivity contribution >= 4 is 11.7 Å². The molecule has 0 N–H and O–H groups in total. The van der Waals surface area contributed by atoms with Crippen LogP contribution in [0.25, 0.3) is 0 Å². The van der Waals surface area contributed by atoms with E-state index in [9.17, 15) is 4.79 Å². The number of anilines is 1. The molecule has 2 saturated heterocycles. The average molecular weight is 321 g/mol. The summed E-state index contributed by atoms with van der Waals surface area (Å²) in [7, 11) is 1.41. The Hall–Kier alpha value is -1.59. The fourth-order valence-corrected chi connectivity index (χ4v) is 2.95. The molecule has 0 bridgehead atoms. The Morgan fingerprint density at radius 3 is 2.22 bits per heavy atom. The summed E-state index contributed by atoms with van der Waals surface area (Å²) < 4.78 is 16.2. The molecule has 23 heavy (non-hydrogen) atoms. The van der Waals surface area contributed by atoms with E-state index in [2.05, 4.69) is 21.8 Å². The van der Waals surface area contributed by atoms with Crippen LogP contribution in [-0.2, 0) is 25.4 Å². The molecule has 5 nitrogen and oxygen atoms in total. The maximum absolute atomic E-state index is 11.3. The van der Waals surface area contributed by atoms with Crippen LogP contribution >= 0.6 is 0 Å². The lowest BCUT2D eigenvalue weighted by Gasteiger charge is -2.38. The zero-order valence-corrected chi connectivity index (χ0v) is 14.3. The number of piperidine rings is 1. The molecule has 5 heteroatoms. The number of hydrogen-bond donors (Lipinski definition) is 0. The SMILES string of the molecule is CC.COC(=O)Cc1ccc(N2CCC3(CC2)OCCO3)cc1. The first-order valence-electron chi connectivity index (χ1n) is 8.39. The molecule has 0 saturated carbocycles. The van der Waals surface area contributed by atoms with Crippen molar-refractivity contribution in [2.24, 2.45) is 0 Å². The molecule has 3 rings (SSSR count). The number of benzene rings is 1. The lowest BCUT2D eigenvalue weighted by atomic mass is 10.0. The monoisotopic (exact) mass is 321 g/mol. The maximum Gasteiger partial charge on any atom is 0.309 e. The number of nitrogens with zero attached hydrogens (tertiary/aromatic N) is 1. The molecule has 2 fully saturated rings. The third kappa shape index (κ3) is 4.45. The highest BCUT2D eigenvalue weighted by molar-refractivity contribution is 5.72. The summed E-state index contributed by atoms with van der Waals surface area (Å²) in [5.41, 5.74) is 2.15. The number of ether oxygens (including phenoxy) is 3. The lowest BCUT2D eigenvalue weighted by molar-refractivity contribution is -0.169. The molecule has 0 atom stereocenters. The minimum atomic E-state index is -0.332.